The maximum atomic E-state index is 13.0. The molecule has 3 rings (SSSR count). The van der Waals surface area contributed by atoms with E-state index in [9.17, 15) is 21.6 Å². The Morgan fingerprint density at radius 1 is 0.867 bits per heavy atom. The first-order valence-electron chi connectivity index (χ1n) is 9.65. The van der Waals surface area contributed by atoms with Crippen molar-refractivity contribution in [2.75, 3.05) is 29.4 Å². The number of sulfonamides is 2. The zero-order valence-electron chi connectivity index (χ0n) is 16.7. The van der Waals surface area contributed by atoms with E-state index in [1.807, 2.05) is 0 Å². The van der Waals surface area contributed by atoms with E-state index in [1.54, 1.807) is 24.3 Å². The van der Waals surface area contributed by atoms with Crippen molar-refractivity contribution in [2.45, 2.75) is 30.6 Å². The lowest BCUT2D eigenvalue weighted by Gasteiger charge is -2.20. The predicted molar refractivity (Wildman–Crippen MR) is 117 cm³/mol. The van der Waals surface area contributed by atoms with Gasteiger partial charge >= 0.3 is 0 Å². The summed E-state index contributed by atoms with van der Waals surface area (Å²) in [7, 11) is -7.10. The standard InChI is InChI=1S/C20H25N3O5S2/c1-29(25,26)22-18-10-6-8-16(14-18)20(24)21-17-9-7-11-19(15-17)30(27,28)23-12-4-2-3-5-13-23/h6-11,14-15,22H,2-5,12-13H2,1H3,(H,21,24). The average molecular weight is 452 g/mol. The molecule has 0 atom stereocenters. The van der Waals surface area contributed by atoms with Gasteiger partial charge in [0.25, 0.3) is 5.91 Å². The SMILES string of the molecule is CS(=O)(=O)Nc1cccc(C(=O)Nc2cccc(S(=O)(=O)N3CCCCCC3)c2)c1. The van der Waals surface area contributed by atoms with Crippen LogP contribution in [0.1, 0.15) is 36.0 Å². The van der Waals surface area contributed by atoms with Gasteiger partial charge in [-0.3, -0.25) is 9.52 Å². The van der Waals surface area contributed by atoms with E-state index in [1.165, 1.54) is 28.6 Å². The summed E-state index contributed by atoms with van der Waals surface area (Å²) in [4.78, 5) is 12.7. The Kier molecular flexibility index (Phi) is 6.79. The highest BCUT2D eigenvalue weighted by molar-refractivity contribution is 7.92. The first kappa shape index (κ1) is 22.3. The molecule has 10 heteroatoms. The highest BCUT2D eigenvalue weighted by Gasteiger charge is 2.25. The fraction of sp³-hybridized carbons (Fsp3) is 0.350. The van der Waals surface area contributed by atoms with E-state index in [4.69, 9.17) is 0 Å². The summed E-state index contributed by atoms with van der Waals surface area (Å²) in [5, 5.41) is 2.68. The molecule has 30 heavy (non-hydrogen) atoms. The first-order valence-corrected chi connectivity index (χ1v) is 13.0. The fourth-order valence-corrected chi connectivity index (χ4v) is 5.43. The molecule has 1 saturated heterocycles. The number of nitrogens with zero attached hydrogens (tertiary/aromatic N) is 1. The monoisotopic (exact) mass is 451 g/mol. The van der Waals surface area contributed by atoms with E-state index in [0.29, 0.717) is 18.8 Å². The maximum absolute atomic E-state index is 13.0. The highest BCUT2D eigenvalue weighted by atomic mass is 32.2. The molecule has 1 amide bonds. The zero-order valence-corrected chi connectivity index (χ0v) is 18.3. The Morgan fingerprint density at radius 3 is 2.17 bits per heavy atom. The molecule has 0 spiro atoms. The van der Waals surface area contributed by atoms with Gasteiger partial charge in [-0.2, -0.15) is 4.31 Å². The zero-order chi connectivity index (χ0) is 21.8. The third-order valence-electron chi connectivity index (χ3n) is 4.72. The van der Waals surface area contributed by atoms with Crippen molar-refractivity contribution in [2.24, 2.45) is 0 Å². The number of benzene rings is 2. The molecule has 0 aliphatic carbocycles. The second-order valence-corrected chi connectivity index (χ2v) is 10.9. The molecule has 8 nitrogen and oxygen atoms in total. The van der Waals surface area contributed by atoms with E-state index in [-0.39, 0.29) is 16.1 Å². The van der Waals surface area contributed by atoms with Gasteiger partial charge in [-0.25, -0.2) is 16.8 Å². The van der Waals surface area contributed by atoms with Crippen LogP contribution in [0.3, 0.4) is 0 Å². The van der Waals surface area contributed by atoms with Crippen LogP contribution in [0.25, 0.3) is 0 Å². The van der Waals surface area contributed by atoms with Crippen LogP contribution in [-0.4, -0.2) is 46.4 Å². The van der Waals surface area contributed by atoms with Crippen molar-refractivity contribution in [1.82, 2.24) is 4.31 Å². The number of hydrogen-bond donors (Lipinski definition) is 2. The molecule has 2 aromatic carbocycles. The number of anilines is 2. The Bertz CT molecular complexity index is 1120. The highest BCUT2D eigenvalue weighted by Crippen LogP contribution is 2.23. The van der Waals surface area contributed by atoms with Crippen LogP contribution in [0.2, 0.25) is 0 Å². The van der Waals surface area contributed by atoms with Crippen molar-refractivity contribution >= 4 is 37.3 Å². The van der Waals surface area contributed by atoms with Gasteiger partial charge in [-0.05, 0) is 49.2 Å². The second-order valence-electron chi connectivity index (χ2n) is 7.26. The van der Waals surface area contributed by atoms with Crippen LogP contribution >= 0.6 is 0 Å². The number of hydrogen-bond acceptors (Lipinski definition) is 5. The third kappa shape index (κ3) is 5.80. The van der Waals surface area contributed by atoms with Gasteiger partial charge in [0, 0.05) is 30.0 Å². The first-order chi connectivity index (χ1) is 14.1. The molecule has 0 radical (unpaired) electrons. The van der Waals surface area contributed by atoms with Gasteiger partial charge in [0.1, 0.15) is 0 Å². The van der Waals surface area contributed by atoms with Crippen molar-refractivity contribution in [1.29, 1.82) is 0 Å². The molecular formula is C20H25N3O5S2. The quantitative estimate of drug-likeness (QED) is 0.701. The Balaban J connectivity index is 1.78. The van der Waals surface area contributed by atoms with Crippen molar-refractivity contribution < 1.29 is 21.6 Å². The molecular weight excluding hydrogens is 426 g/mol. The minimum atomic E-state index is -3.63. The summed E-state index contributed by atoms with van der Waals surface area (Å²) in [6, 6.07) is 12.2. The van der Waals surface area contributed by atoms with Gasteiger partial charge in [-0.15, -0.1) is 0 Å². The topological polar surface area (TPSA) is 113 Å². The summed E-state index contributed by atoms with van der Waals surface area (Å²) < 4.78 is 52.5. The Labute approximate surface area is 177 Å². The lowest BCUT2D eigenvalue weighted by atomic mass is 10.2. The third-order valence-corrected chi connectivity index (χ3v) is 7.22. The summed E-state index contributed by atoms with van der Waals surface area (Å²) >= 11 is 0. The largest absolute Gasteiger partial charge is 0.322 e. The summed E-state index contributed by atoms with van der Waals surface area (Å²) in [5.74, 6) is -0.475. The summed E-state index contributed by atoms with van der Waals surface area (Å²) in [5.41, 5.74) is 0.851. The van der Waals surface area contributed by atoms with Gasteiger partial charge in [-0.1, -0.05) is 25.0 Å². The van der Waals surface area contributed by atoms with Crippen molar-refractivity contribution in [3.05, 3.63) is 54.1 Å². The van der Waals surface area contributed by atoms with E-state index in [2.05, 4.69) is 10.0 Å². The van der Waals surface area contributed by atoms with Gasteiger partial charge in [0.15, 0.2) is 0 Å². The van der Waals surface area contributed by atoms with E-state index >= 15 is 0 Å². The Hall–Kier alpha value is -2.43. The normalized spacial score (nSPS) is 15.9. The lowest BCUT2D eigenvalue weighted by Crippen LogP contribution is -2.32. The molecule has 1 heterocycles. The van der Waals surface area contributed by atoms with Crippen molar-refractivity contribution in [3.8, 4) is 0 Å². The smallest absolute Gasteiger partial charge is 0.255 e. The Morgan fingerprint density at radius 2 is 1.50 bits per heavy atom. The lowest BCUT2D eigenvalue weighted by molar-refractivity contribution is 0.102. The minimum Gasteiger partial charge on any atom is -0.322 e. The summed E-state index contributed by atoms with van der Waals surface area (Å²) in [6.45, 7) is 0.998. The molecule has 1 aliphatic rings. The number of nitrogens with one attached hydrogen (secondary N) is 2. The second kappa shape index (κ2) is 9.15. The molecule has 2 aromatic rings. The van der Waals surface area contributed by atoms with Crippen LogP contribution in [0.15, 0.2) is 53.4 Å². The summed E-state index contributed by atoms with van der Waals surface area (Å²) in [6.07, 6.45) is 4.75. The molecule has 162 valence electrons. The minimum absolute atomic E-state index is 0.134. The number of rotatable bonds is 6. The molecule has 0 aromatic heterocycles. The van der Waals surface area contributed by atoms with Crippen LogP contribution in [0.5, 0.6) is 0 Å². The number of carbonyl (C=O) groups excluding carboxylic acids is 1. The maximum Gasteiger partial charge on any atom is 0.255 e. The average Bonchev–Trinajstić information content (AvgIpc) is 2.97. The van der Waals surface area contributed by atoms with E-state index in [0.717, 1.165) is 31.9 Å². The van der Waals surface area contributed by atoms with Crippen LogP contribution in [0.4, 0.5) is 11.4 Å². The van der Waals surface area contributed by atoms with Gasteiger partial charge in [0.2, 0.25) is 20.0 Å². The van der Waals surface area contributed by atoms with Crippen LogP contribution < -0.4 is 10.0 Å². The van der Waals surface area contributed by atoms with Gasteiger partial charge in [0.05, 0.1) is 11.2 Å². The molecule has 0 bridgehead atoms. The van der Waals surface area contributed by atoms with Crippen molar-refractivity contribution in [3.63, 3.8) is 0 Å². The molecule has 0 unspecified atom stereocenters. The molecule has 1 fully saturated rings. The number of amides is 1. The van der Waals surface area contributed by atoms with E-state index < -0.39 is 26.0 Å². The predicted octanol–water partition coefficient (Wildman–Crippen LogP) is 2.88. The molecule has 2 N–H and O–H groups in total. The van der Waals surface area contributed by atoms with Gasteiger partial charge < -0.3 is 5.32 Å². The van der Waals surface area contributed by atoms with Crippen LogP contribution in [0, 0.1) is 0 Å². The number of carbonyl (C=O) groups is 1. The molecule has 0 saturated carbocycles. The fourth-order valence-electron chi connectivity index (χ4n) is 3.31. The molecule has 1 aliphatic heterocycles. The van der Waals surface area contributed by atoms with Crippen LogP contribution in [-0.2, 0) is 20.0 Å².